The maximum atomic E-state index is 12.6. The molecule has 0 rings (SSSR count). The van der Waals surface area contributed by atoms with Gasteiger partial charge in [0.1, 0.15) is 0 Å². The van der Waals surface area contributed by atoms with Crippen LogP contribution in [0, 0.1) is 0 Å². The van der Waals surface area contributed by atoms with Gasteiger partial charge >= 0.3 is 5.97 Å². The van der Waals surface area contributed by atoms with Crippen molar-refractivity contribution in [3.05, 3.63) is 24.3 Å². The quantitative estimate of drug-likeness (QED) is 0.0320. The van der Waals surface area contributed by atoms with E-state index < -0.39 is 12.1 Å². The van der Waals surface area contributed by atoms with Crippen molar-refractivity contribution in [3.8, 4) is 0 Å². The SMILES string of the molecule is CCCCCCCCCCCCCCCCCCCCCCCC(O)C(CO)NC(=O)CCCCCCCCCCCCCCC/C=C\C/C=C\CCCCCCCCCCCOC(=O)CCCCCCCCCCCCCCCCCCCC. The molecule has 6 heteroatoms. The molecule has 1 amide bonds. The maximum absolute atomic E-state index is 12.6. The number of aliphatic hydroxyl groups is 2. The molecular weight excluding hydrogens is 1040 g/mol. The lowest BCUT2D eigenvalue weighted by molar-refractivity contribution is -0.143. The van der Waals surface area contributed by atoms with Crippen molar-refractivity contribution in [1.29, 1.82) is 0 Å². The third kappa shape index (κ3) is 71.3. The minimum absolute atomic E-state index is 0.0175. The third-order valence-electron chi connectivity index (χ3n) is 18.5. The number of aliphatic hydroxyl groups excluding tert-OH is 2. The normalized spacial score (nSPS) is 12.6. The average Bonchev–Trinajstić information content (AvgIpc) is 3.51. The van der Waals surface area contributed by atoms with E-state index in [1.54, 1.807) is 0 Å². The monoisotopic (exact) mass is 1200 g/mol. The number of unbranched alkanes of at least 4 members (excludes halogenated alkanes) is 59. The Morgan fingerprint density at radius 2 is 0.588 bits per heavy atom. The fourth-order valence-corrected chi connectivity index (χ4v) is 12.6. The topological polar surface area (TPSA) is 95.9 Å². The second-order valence-electron chi connectivity index (χ2n) is 27.0. The van der Waals surface area contributed by atoms with Crippen molar-refractivity contribution in [2.75, 3.05) is 13.2 Å². The van der Waals surface area contributed by atoms with E-state index in [2.05, 4.69) is 43.5 Å². The van der Waals surface area contributed by atoms with Crippen LogP contribution in [0.25, 0.3) is 0 Å². The van der Waals surface area contributed by atoms with Gasteiger partial charge in [-0.1, -0.05) is 398 Å². The van der Waals surface area contributed by atoms with Crippen LogP contribution in [0.4, 0.5) is 0 Å². The number of hydrogen-bond donors (Lipinski definition) is 3. The Morgan fingerprint density at radius 1 is 0.329 bits per heavy atom. The molecule has 504 valence electrons. The molecular formula is C79H153NO5. The van der Waals surface area contributed by atoms with Gasteiger partial charge in [-0.15, -0.1) is 0 Å². The molecule has 0 aliphatic rings. The molecule has 0 saturated heterocycles. The van der Waals surface area contributed by atoms with Crippen LogP contribution in [0.5, 0.6) is 0 Å². The number of esters is 1. The van der Waals surface area contributed by atoms with Crippen LogP contribution in [-0.2, 0) is 14.3 Å². The first-order chi connectivity index (χ1) is 42.0. The summed E-state index contributed by atoms with van der Waals surface area (Å²) in [6.07, 6.45) is 95.4. The molecule has 6 nitrogen and oxygen atoms in total. The highest BCUT2D eigenvalue weighted by molar-refractivity contribution is 5.76. The summed E-state index contributed by atoms with van der Waals surface area (Å²) >= 11 is 0. The second-order valence-corrected chi connectivity index (χ2v) is 27.0. The fourth-order valence-electron chi connectivity index (χ4n) is 12.6. The molecule has 3 N–H and O–H groups in total. The smallest absolute Gasteiger partial charge is 0.305 e. The van der Waals surface area contributed by atoms with Crippen molar-refractivity contribution in [2.24, 2.45) is 0 Å². The Bertz CT molecular complexity index is 1330. The zero-order chi connectivity index (χ0) is 61.3. The molecule has 0 aliphatic heterocycles. The molecule has 0 spiro atoms. The molecule has 0 aromatic rings. The van der Waals surface area contributed by atoms with Crippen molar-refractivity contribution < 1.29 is 24.5 Å². The summed E-state index contributed by atoms with van der Waals surface area (Å²) in [5.74, 6) is -0.0134. The molecule has 0 fully saturated rings. The number of amides is 1. The molecule has 0 aliphatic carbocycles. The van der Waals surface area contributed by atoms with Crippen LogP contribution in [0.3, 0.4) is 0 Å². The molecule has 0 saturated carbocycles. The minimum atomic E-state index is -0.666. The van der Waals surface area contributed by atoms with Crippen molar-refractivity contribution >= 4 is 11.9 Å². The summed E-state index contributed by atoms with van der Waals surface area (Å²) in [5, 5.41) is 23.4. The van der Waals surface area contributed by atoms with Crippen LogP contribution in [0.15, 0.2) is 24.3 Å². The van der Waals surface area contributed by atoms with Crippen LogP contribution >= 0.6 is 0 Å². The highest BCUT2D eigenvalue weighted by atomic mass is 16.5. The first-order valence-corrected chi connectivity index (χ1v) is 39.1. The first kappa shape index (κ1) is 83.3. The van der Waals surface area contributed by atoms with Gasteiger partial charge in [0.2, 0.25) is 5.91 Å². The molecule has 0 bridgehead atoms. The van der Waals surface area contributed by atoms with Gasteiger partial charge in [0, 0.05) is 12.8 Å². The average molecular weight is 1200 g/mol. The van der Waals surface area contributed by atoms with E-state index in [9.17, 15) is 19.8 Å². The van der Waals surface area contributed by atoms with E-state index in [0.717, 1.165) is 44.9 Å². The number of rotatable bonds is 74. The Hall–Kier alpha value is -1.66. The summed E-state index contributed by atoms with van der Waals surface area (Å²) in [6, 6.07) is -0.543. The lowest BCUT2D eigenvalue weighted by atomic mass is 10.0. The molecule has 2 atom stereocenters. The molecule has 85 heavy (non-hydrogen) atoms. The van der Waals surface area contributed by atoms with E-state index in [0.29, 0.717) is 25.9 Å². The van der Waals surface area contributed by atoms with Gasteiger partial charge in [0.05, 0.1) is 25.4 Å². The largest absolute Gasteiger partial charge is 0.466 e. The van der Waals surface area contributed by atoms with E-state index in [1.165, 1.54) is 366 Å². The van der Waals surface area contributed by atoms with Crippen LogP contribution in [0.2, 0.25) is 0 Å². The predicted octanol–water partition coefficient (Wildman–Crippen LogP) is 25.7. The van der Waals surface area contributed by atoms with Gasteiger partial charge < -0.3 is 20.3 Å². The molecule has 0 aromatic carbocycles. The van der Waals surface area contributed by atoms with Gasteiger partial charge in [0.15, 0.2) is 0 Å². The van der Waals surface area contributed by atoms with E-state index in [-0.39, 0.29) is 18.5 Å². The summed E-state index contributed by atoms with van der Waals surface area (Å²) in [6.45, 7) is 5.01. The molecule has 2 unspecified atom stereocenters. The predicted molar refractivity (Wildman–Crippen MR) is 375 cm³/mol. The summed E-state index contributed by atoms with van der Waals surface area (Å²) in [5.41, 5.74) is 0. The summed E-state index contributed by atoms with van der Waals surface area (Å²) in [7, 11) is 0. The van der Waals surface area contributed by atoms with E-state index >= 15 is 0 Å². The minimum Gasteiger partial charge on any atom is -0.466 e. The zero-order valence-electron chi connectivity index (χ0n) is 57.9. The van der Waals surface area contributed by atoms with Crippen LogP contribution in [0.1, 0.15) is 444 Å². The lowest BCUT2D eigenvalue weighted by Gasteiger charge is -2.22. The highest BCUT2D eigenvalue weighted by Gasteiger charge is 2.20. The fraction of sp³-hybridized carbons (Fsp3) is 0.924. The van der Waals surface area contributed by atoms with Gasteiger partial charge in [-0.05, 0) is 57.8 Å². The van der Waals surface area contributed by atoms with Crippen molar-refractivity contribution in [1.82, 2.24) is 5.32 Å². The molecule has 0 radical (unpaired) electrons. The number of hydrogen-bond acceptors (Lipinski definition) is 5. The number of carbonyl (C=O) groups is 2. The van der Waals surface area contributed by atoms with Gasteiger partial charge in [-0.2, -0.15) is 0 Å². The van der Waals surface area contributed by atoms with Gasteiger partial charge in [-0.25, -0.2) is 0 Å². The second kappa shape index (κ2) is 74.8. The van der Waals surface area contributed by atoms with E-state index in [1.807, 2.05) is 0 Å². The number of allylic oxidation sites excluding steroid dienone is 4. The Morgan fingerprint density at radius 3 is 0.894 bits per heavy atom. The van der Waals surface area contributed by atoms with Gasteiger partial charge in [0.25, 0.3) is 0 Å². The zero-order valence-corrected chi connectivity index (χ0v) is 57.9. The Kier molecular flexibility index (Phi) is 73.3. The third-order valence-corrected chi connectivity index (χ3v) is 18.5. The molecule has 0 aromatic heterocycles. The van der Waals surface area contributed by atoms with Crippen molar-refractivity contribution in [3.63, 3.8) is 0 Å². The summed E-state index contributed by atoms with van der Waals surface area (Å²) in [4.78, 5) is 24.7. The summed E-state index contributed by atoms with van der Waals surface area (Å²) < 4.78 is 5.51. The standard InChI is InChI=1S/C79H153NO5/c1-3-5-7-9-11-13-15-17-19-21-23-33-36-39-43-47-51-55-59-63-67-71-77(82)76(75-81)80-78(83)72-68-64-60-56-52-48-44-40-37-34-31-29-27-25-24-26-28-30-32-35-38-42-46-50-54-58-62-66-70-74-85-79(84)73-69-65-61-57-53-49-45-41-22-20-18-16-14-12-10-8-6-4-2/h24,26,30,32,76-77,81-82H,3-23,25,27-29,31,33-75H2,1-2H3,(H,80,83)/b26-24-,32-30-. The van der Waals surface area contributed by atoms with Crippen molar-refractivity contribution in [2.45, 2.75) is 456 Å². The number of carbonyl (C=O) groups excluding carboxylic acids is 2. The Balaban J connectivity index is 3.38. The van der Waals surface area contributed by atoms with E-state index in [4.69, 9.17) is 4.74 Å². The molecule has 0 heterocycles. The first-order valence-electron chi connectivity index (χ1n) is 39.1. The van der Waals surface area contributed by atoms with Crippen LogP contribution < -0.4 is 5.32 Å². The Labute approximate surface area is 532 Å². The number of ether oxygens (including phenoxy) is 1. The maximum Gasteiger partial charge on any atom is 0.305 e. The number of nitrogens with one attached hydrogen (secondary N) is 1. The lowest BCUT2D eigenvalue weighted by Crippen LogP contribution is -2.45. The van der Waals surface area contributed by atoms with Gasteiger partial charge in [-0.3, -0.25) is 9.59 Å². The van der Waals surface area contributed by atoms with Crippen LogP contribution in [-0.4, -0.2) is 47.4 Å². The highest BCUT2D eigenvalue weighted by Crippen LogP contribution is 2.20.